The van der Waals surface area contributed by atoms with Crippen LogP contribution in [0.2, 0.25) is 0 Å². The van der Waals surface area contributed by atoms with E-state index in [-0.39, 0.29) is 0 Å². The predicted molar refractivity (Wildman–Crippen MR) is 93.7 cm³/mol. The first-order valence-corrected chi connectivity index (χ1v) is 8.81. The number of aryl methyl sites for hydroxylation is 2. The molecule has 2 nitrogen and oxygen atoms in total. The Balaban J connectivity index is 2.73. The second-order valence-electron chi connectivity index (χ2n) is 4.82. The molecule has 0 amide bonds. The number of benzene rings is 2. The van der Waals surface area contributed by atoms with Crippen molar-refractivity contribution in [1.82, 2.24) is 0 Å². The summed E-state index contributed by atoms with van der Waals surface area (Å²) in [6, 6.07) is 8.47. The van der Waals surface area contributed by atoms with Crippen molar-refractivity contribution in [3.63, 3.8) is 0 Å². The summed E-state index contributed by atoms with van der Waals surface area (Å²) in [7, 11) is 0. The molecule has 2 aromatic carbocycles. The Morgan fingerprint density at radius 3 is 1.35 bits per heavy atom. The fraction of sp³-hybridized carbons (Fsp3) is 0.250. The molecule has 0 radical (unpaired) electrons. The molecule has 0 atom stereocenters. The Hall–Kier alpha value is -1.26. The molecule has 0 saturated carbocycles. The minimum absolute atomic E-state index is 0.843. The Bertz CT molecular complexity index is 594. The number of nitrogens with two attached hydrogens (primary N) is 2. The summed E-state index contributed by atoms with van der Waals surface area (Å²) < 4.78 is 0. The van der Waals surface area contributed by atoms with Crippen LogP contribution < -0.4 is 11.5 Å². The third-order valence-electron chi connectivity index (χ3n) is 3.47. The number of rotatable bonds is 3. The maximum absolute atomic E-state index is 6.03. The van der Waals surface area contributed by atoms with E-state index in [0.29, 0.717) is 0 Å². The first kappa shape index (κ1) is 15.1. The second-order valence-corrected chi connectivity index (χ2v) is 6.51. The Morgan fingerprint density at radius 1 is 0.700 bits per heavy atom. The molecular formula is C16H20N2S2. The molecule has 0 fully saturated rings. The lowest BCUT2D eigenvalue weighted by Crippen LogP contribution is -1.96. The predicted octanol–water partition coefficient (Wildman–Crippen LogP) is 4.58. The van der Waals surface area contributed by atoms with Crippen LogP contribution in [0.15, 0.2) is 34.1 Å². The zero-order valence-corrected chi connectivity index (χ0v) is 13.9. The molecule has 4 N–H and O–H groups in total. The average Bonchev–Trinajstić information content (AvgIpc) is 2.43. The molecule has 0 aromatic heterocycles. The van der Waals surface area contributed by atoms with Gasteiger partial charge in [-0.25, -0.2) is 0 Å². The van der Waals surface area contributed by atoms with Crippen molar-refractivity contribution in [3.05, 3.63) is 35.4 Å². The maximum Gasteiger partial charge on any atom is 0.0355 e. The first-order chi connectivity index (χ1) is 9.47. The molecule has 0 aliphatic rings. The van der Waals surface area contributed by atoms with Crippen LogP contribution in [-0.4, -0.2) is 12.5 Å². The van der Waals surface area contributed by atoms with Gasteiger partial charge in [0.15, 0.2) is 0 Å². The molecule has 0 aliphatic heterocycles. The molecule has 0 saturated heterocycles. The highest BCUT2D eigenvalue weighted by molar-refractivity contribution is 7.99. The van der Waals surface area contributed by atoms with Gasteiger partial charge >= 0.3 is 0 Å². The van der Waals surface area contributed by atoms with E-state index < -0.39 is 0 Å². The van der Waals surface area contributed by atoms with Crippen molar-refractivity contribution in [1.29, 1.82) is 0 Å². The quantitative estimate of drug-likeness (QED) is 0.644. The van der Waals surface area contributed by atoms with Crippen molar-refractivity contribution in [3.8, 4) is 11.1 Å². The number of hydrogen-bond acceptors (Lipinski definition) is 4. The van der Waals surface area contributed by atoms with Crippen LogP contribution in [0.4, 0.5) is 11.4 Å². The summed E-state index contributed by atoms with van der Waals surface area (Å²) in [5.74, 6) is 0. The Kier molecular flexibility index (Phi) is 4.55. The fourth-order valence-electron chi connectivity index (χ4n) is 2.17. The highest BCUT2D eigenvalue weighted by atomic mass is 32.2. The van der Waals surface area contributed by atoms with Gasteiger partial charge in [-0.15, -0.1) is 23.5 Å². The van der Waals surface area contributed by atoms with E-state index in [2.05, 4.69) is 36.8 Å². The van der Waals surface area contributed by atoms with E-state index in [4.69, 9.17) is 11.5 Å². The van der Waals surface area contributed by atoms with Crippen LogP contribution in [0.1, 0.15) is 11.1 Å². The number of thioether (sulfide) groups is 2. The van der Waals surface area contributed by atoms with Gasteiger partial charge < -0.3 is 11.5 Å². The molecule has 2 aromatic rings. The van der Waals surface area contributed by atoms with E-state index in [1.165, 1.54) is 20.9 Å². The largest absolute Gasteiger partial charge is 0.398 e. The minimum Gasteiger partial charge on any atom is -0.398 e. The topological polar surface area (TPSA) is 52.0 Å². The van der Waals surface area contributed by atoms with Crippen LogP contribution in [0.5, 0.6) is 0 Å². The zero-order chi connectivity index (χ0) is 14.9. The maximum atomic E-state index is 6.03. The zero-order valence-electron chi connectivity index (χ0n) is 12.3. The van der Waals surface area contributed by atoms with Gasteiger partial charge in [0.2, 0.25) is 0 Å². The van der Waals surface area contributed by atoms with Crippen molar-refractivity contribution in [2.45, 2.75) is 23.6 Å². The third kappa shape index (κ3) is 2.76. The first-order valence-electron chi connectivity index (χ1n) is 6.36. The van der Waals surface area contributed by atoms with Crippen LogP contribution in [0.3, 0.4) is 0 Å². The summed E-state index contributed by atoms with van der Waals surface area (Å²) in [5, 5.41) is 0. The molecule has 0 aliphatic carbocycles. The molecule has 0 heterocycles. The smallest absolute Gasteiger partial charge is 0.0355 e. The lowest BCUT2D eigenvalue weighted by atomic mass is 10.00. The van der Waals surface area contributed by atoms with Gasteiger partial charge in [0.25, 0.3) is 0 Å². The molecule has 0 unspecified atom stereocenters. The molecule has 0 spiro atoms. The van der Waals surface area contributed by atoms with Gasteiger partial charge in [-0.3, -0.25) is 0 Å². The van der Waals surface area contributed by atoms with Crippen molar-refractivity contribution < 1.29 is 0 Å². The van der Waals surface area contributed by atoms with E-state index in [1.54, 1.807) is 23.5 Å². The summed E-state index contributed by atoms with van der Waals surface area (Å²) in [5.41, 5.74) is 18.4. The van der Waals surface area contributed by atoms with Gasteiger partial charge in [0, 0.05) is 21.2 Å². The van der Waals surface area contributed by atoms with Gasteiger partial charge in [0.05, 0.1) is 0 Å². The summed E-state index contributed by atoms with van der Waals surface area (Å²) in [4.78, 5) is 2.40. The number of anilines is 2. The van der Waals surface area contributed by atoms with Crippen LogP contribution in [0, 0.1) is 13.8 Å². The highest BCUT2D eigenvalue weighted by Gasteiger charge is 2.13. The number of nitrogen functional groups attached to an aromatic ring is 2. The molecule has 0 bridgehead atoms. The van der Waals surface area contributed by atoms with Crippen molar-refractivity contribution in [2.75, 3.05) is 24.0 Å². The van der Waals surface area contributed by atoms with Crippen LogP contribution in [-0.2, 0) is 0 Å². The van der Waals surface area contributed by atoms with Gasteiger partial charge in [-0.05, 0) is 72.9 Å². The summed E-state index contributed by atoms with van der Waals surface area (Å²) >= 11 is 3.44. The second kappa shape index (κ2) is 6.02. The summed E-state index contributed by atoms with van der Waals surface area (Å²) in [6.07, 6.45) is 4.16. The highest BCUT2D eigenvalue weighted by Crippen LogP contribution is 2.39. The van der Waals surface area contributed by atoms with Crippen molar-refractivity contribution >= 4 is 34.9 Å². The molecular weight excluding hydrogens is 284 g/mol. The summed E-state index contributed by atoms with van der Waals surface area (Å²) in [6.45, 7) is 4.09. The van der Waals surface area contributed by atoms with Crippen LogP contribution in [0.25, 0.3) is 11.1 Å². The molecule has 2 rings (SSSR count). The minimum atomic E-state index is 0.843. The van der Waals surface area contributed by atoms with Gasteiger partial charge in [-0.1, -0.05) is 0 Å². The lowest BCUT2D eigenvalue weighted by Gasteiger charge is -2.16. The van der Waals surface area contributed by atoms with E-state index in [0.717, 1.165) is 22.5 Å². The molecule has 4 heteroatoms. The van der Waals surface area contributed by atoms with E-state index in [9.17, 15) is 0 Å². The Morgan fingerprint density at radius 2 is 1.05 bits per heavy atom. The third-order valence-corrected chi connectivity index (χ3v) is 5.02. The monoisotopic (exact) mass is 304 g/mol. The SMILES string of the molecule is CSc1cc(N)c(C)cc1-c1cc(C)c(N)cc1SC. The molecule has 20 heavy (non-hydrogen) atoms. The van der Waals surface area contributed by atoms with Gasteiger partial charge in [-0.2, -0.15) is 0 Å². The van der Waals surface area contributed by atoms with Gasteiger partial charge in [0.1, 0.15) is 0 Å². The standard InChI is InChI=1S/C16H20N2S2/c1-9-5-11(15(19-3)7-13(9)17)12-6-10(2)14(18)8-16(12)20-4/h5-8H,17-18H2,1-4H3. The molecule has 106 valence electrons. The van der Waals surface area contributed by atoms with E-state index >= 15 is 0 Å². The normalized spacial score (nSPS) is 10.8. The lowest BCUT2D eigenvalue weighted by molar-refractivity contribution is 1.32. The van der Waals surface area contributed by atoms with E-state index in [1.807, 2.05) is 13.8 Å². The van der Waals surface area contributed by atoms with Crippen LogP contribution >= 0.6 is 23.5 Å². The number of hydrogen-bond donors (Lipinski definition) is 2. The van der Waals surface area contributed by atoms with Crippen molar-refractivity contribution in [2.24, 2.45) is 0 Å². The fourth-order valence-corrected chi connectivity index (χ4v) is 3.43. The average molecular weight is 304 g/mol. The Labute approximate surface area is 129 Å².